The second kappa shape index (κ2) is 9.00. The van der Waals surface area contributed by atoms with E-state index in [9.17, 15) is 24.1 Å². The van der Waals surface area contributed by atoms with Crippen LogP contribution in [0.5, 0.6) is 5.75 Å². The van der Waals surface area contributed by atoms with Gasteiger partial charge in [-0.05, 0) is 60.1 Å². The van der Waals surface area contributed by atoms with Crippen LogP contribution >= 0.6 is 11.6 Å². The molecule has 3 N–H and O–H groups in total. The Morgan fingerprint density at radius 1 is 1.10 bits per heavy atom. The monoisotopic (exact) mass is 454 g/mol. The predicted molar refractivity (Wildman–Crippen MR) is 111 cm³/mol. The van der Waals surface area contributed by atoms with Crippen molar-refractivity contribution in [2.45, 2.75) is 49.6 Å². The van der Waals surface area contributed by atoms with Gasteiger partial charge in [0.2, 0.25) is 0 Å². The Balaban J connectivity index is 1.50. The molecule has 2 aliphatic rings. The van der Waals surface area contributed by atoms with Gasteiger partial charge in [0, 0.05) is 5.02 Å². The van der Waals surface area contributed by atoms with Gasteiger partial charge in [0.15, 0.2) is 0 Å². The second-order valence-corrected chi connectivity index (χ2v) is 8.67. The quantitative estimate of drug-likeness (QED) is 0.596. The molecular formula is C23H25ClF2O5. The Morgan fingerprint density at radius 2 is 1.81 bits per heavy atom. The minimum absolute atomic E-state index is 0.393. The van der Waals surface area contributed by atoms with Gasteiger partial charge in [-0.3, -0.25) is 0 Å². The lowest BCUT2D eigenvalue weighted by Crippen LogP contribution is -2.59. The van der Waals surface area contributed by atoms with Crippen LogP contribution in [0.3, 0.4) is 0 Å². The predicted octanol–water partition coefficient (Wildman–Crippen LogP) is 3.51. The van der Waals surface area contributed by atoms with Gasteiger partial charge in [-0.25, -0.2) is 8.78 Å². The molecule has 2 fully saturated rings. The molecule has 4 atom stereocenters. The molecule has 2 aromatic rings. The van der Waals surface area contributed by atoms with E-state index in [0.29, 0.717) is 28.5 Å². The molecule has 1 heterocycles. The van der Waals surface area contributed by atoms with Crippen molar-refractivity contribution in [2.24, 2.45) is 5.92 Å². The van der Waals surface area contributed by atoms with Gasteiger partial charge < -0.3 is 24.8 Å². The van der Waals surface area contributed by atoms with E-state index in [2.05, 4.69) is 0 Å². The molecule has 0 bridgehead atoms. The third kappa shape index (κ3) is 4.86. The first kappa shape index (κ1) is 22.4. The Morgan fingerprint density at radius 3 is 2.45 bits per heavy atom. The van der Waals surface area contributed by atoms with Gasteiger partial charge in [0.1, 0.15) is 30.2 Å². The van der Waals surface area contributed by atoms with Crippen LogP contribution in [0.15, 0.2) is 42.5 Å². The Bertz CT molecular complexity index is 899. The van der Waals surface area contributed by atoms with Crippen LogP contribution in [0.4, 0.5) is 8.78 Å². The van der Waals surface area contributed by atoms with Gasteiger partial charge in [-0.1, -0.05) is 35.9 Å². The van der Waals surface area contributed by atoms with E-state index in [1.165, 1.54) is 12.8 Å². The fourth-order valence-corrected chi connectivity index (χ4v) is 3.89. The summed E-state index contributed by atoms with van der Waals surface area (Å²) in [5, 5.41) is 29.8. The second-order valence-electron chi connectivity index (χ2n) is 8.26. The number of halogens is 3. The highest BCUT2D eigenvalue weighted by molar-refractivity contribution is 6.31. The van der Waals surface area contributed by atoms with Crippen LogP contribution in [0, 0.1) is 5.92 Å². The lowest BCUT2D eigenvalue weighted by atomic mass is 9.89. The van der Waals surface area contributed by atoms with Crippen molar-refractivity contribution in [3.63, 3.8) is 0 Å². The number of hydrogen-bond donors (Lipinski definition) is 3. The van der Waals surface area contributed by atoms with Crippen molar-refractivity contribution < 1.29 is 33.6 Å². The van der Waals surface area contributed by atoms with Gasteiger partial charge >= 0.3 is 5.92 Å². The maximum atomic E-state index is 14.0. The van der Waals surface area contributed by atoms with Gasteiger partial charge in [0.25, 0.3) is 0 Å². The molecule has 168 valence electrons. The largest absolute Gasteiger partial charge is 0.493 e. The standard InChI is InChI=1S/C23H25ClF2O5/c24-18-8-5-15(21-20(28)22(29)23(25,26)19(11-27)31-21)10-16(18)9-13-3-6-17(7-4-13)30-12-14-1-2-14/h3-8,10,14,19-22,27-29H,1-2,9,11-12H2/t19-,20+,21+,22-/m1/s1. The van der Waals surface area contributed by atoms with E-state index in [4.69, 9.17) is 21.1 Å². The third-order valence-corrected chi connectivity index (χ3v) is 6.20. The number of hydrogen-bond acceptors (Lipinski definition) is 5. The molecule has 0 radical (unpaired) electrons. The van der Waals surface area contributed by atoms with Crippen molar-refractivity contribution >= 4 is 11.6 Å². The first-order chi connectivity index (χ1) is 14.8. The molecule has 1 aliphatic heterocycles. The summed E-state index contributed by atoms with van der Waals surface area (Å²) in [6.07, 6.45) is -4.43. The fraction of sp³-hybridized carbons (Fsp3) is 0.478. The smallest absolute Gasteiger partial charge is 0.303 e. The normalized spacial score (nSPS) is 27.8. The highest BCUT2D eigenvalue weighted by Crippen LogP contribution is 2.41. The van der Waals surface area contributed by atoms with Crippen molar-refractivity contribution in [1.29, 1.82) is 0 Å². The number of benzene rings is 2. The zero-order valence-corrected chi connectivity index (χ0v) is 17.5. The highest BCUT2D eigenvalue weighted by Gasteiger charge is 2.57. The summed E-state index contributed by atoms with van der Waals surface area (Å²) in [5.74, 6) is -2.29. The van der Waals surface area contributed by atoms with Crippen LogP contribution in [0.1, 0.15) is 35.6 Å². The number of alkyl halides is 2. The molecule has 0 spiro atoms. The maximum Gasteiger partial charge on any atom is 0.303 e. The summed E-state index contributed by atoms with van der Waals surface area (Å²) >= 11 is 6.34. The van der Waals surface area contributed by atoms with E-state index in [-0.39, 0.29) is 0 Å². The first-order valence-corrected chi connectivity index (χ1v) is 10.7. The Hall–Kier alpha value is -1.77. The lowest BCUT2D eigenvalue weighted by Gasteiger charge is -2.42. The topological polar surface area (TPSA) is 79.2 Å². The zero-order valence-electron chi connectivity index (χ0n) is 16.8. The molecule has 5 nitrogen and oxygen atoms in total. The molecule has 0 aromatic heterocycles. The van der Waals surface area contributed by atoms with Crippen molar-refractivity contribution in [3.05, 3.63) is 64.2 Å². The third-order valence-electron chi connectivity index (χ3n) is 5.83. The summed E-state index contributed by atoms with van der Waals surface area (Å²) in [7, 11) is 0. The highest BCUT2D eigenvalue weighted by atomic mass is 35.5. The van der Waals surface area contributed by atoms with E-state index in [0.717, 1.165) is 17.9 Å². The number of ether oxygens (including phenoxy) is 2. The molecular weight excluding hydrogens is 430 g/mol. The van der Waals surface area contributed by atoms with Gasteiger partial charge in [0.05, 0.1) is 13.2 Å². The SMILES string of the molecule is OC[C@H]1O[C@@H](c2ccc(Cl)c(Cc3ccc(OCC4CC4)cc3)c2)[C@H](O)[C@@H](O)C1(F)F. The molecule has 1 saturated carbocycles. The molecule has 2 aromatic carbocycles. The summed E-state index contributed by atoms with van der Waals surface area (Å²) in [5.41, 5.74) is 2.08. The molecule has 4 rings (SSSR count). The molecule has 8 heteroatoms. The van der Waals surface area contributed by atoms with Crippen molar-refractivity contribution in [3.8, 4) is 5.75 Å². The van der Waals surface area contributed by atoms with Crippen LogP contribution in [0.25, 0.3) is 0 Å². The zero-order chi connectivity index (χ0) is 22.2. The molecule has 1 aliphatic carbocycles. The lowest BCUT2D eigenvalue weighted by molar-refractivity contribution is -0.296. The van der Waals surface area contributed by atoms with Crippen LogP contribution < -0.4 is 4.74 Å². The van der Waals surface area contributed by atoms with E-state index in [1.807, 2.05) is 24.3 Å². The summed E-state index contributed by atoms with van der Waals surface area (Å²) in [6, 6.07) is 12.5. The number of aliphatic hydroxyl groups is 3. The first-order valence-electron chi connectivity index (χ1n) is 10.3. The Labute approximate surface area is 184 Å². The molecule has 31 heavy (non-hydrogen) atoms. The minimum atomic E-state index is -3.76. The fourth-order valence-electron chi connectivity index (χ4n) is 3.70. The maximum absolute atomic E-state index is 14.0. The molecule has 0 unspecified atom stereocenters. The van der Waals surface area contributed by atoms with E-state index < -0.39 is 36.9 Å². The number of rotatable bonds is 7. The summed E-state index contributed by atoms with van der Waals surface area (Å²) < 4.78 is 39.1. The van der Waals surface area contributed by atoms with E-state index in [1.54, 1.807) is 18.2 Å². The van der Waals surface area contributed by atoms with Gasteiger partial charge in [-0.2, -0.15) is 0 Å². The molecule has 1 saturated heterocycles. The van der Waals surface area contributed by atoms with Crippen molar-refractivity contribution in [2.75, 3.05) is 13.2 Å². The average molecular weight is 455 g/mol. The summed E-state index contributed by atoms with van der Waals surface area (Å²) in [6.45, 7) is -0.250. The molecule has 0 amide bonds. The van der Waals surface area contributed by atoms with Crippen LogP contribution in [-0.2, 0) is 11.2 Å². The average Bonchev–Trinajstić information content (AvgIpc) is 3.58. The number of aliphatic hydroxyl groups excluding tert-OH is 3. The van der Waals surface area contributed by atoms with Crippen LogP contribution in [-0.4, -0.2) is 52.8 Å². The summed E-state index contributed by atoms with van der Waals surface area (Å²) in [4.78, 5) is 0. The minimum Gasteiger partial charge on any atom is -0.493 e. The van der Waals surface area contributed by atoms with Crippen molar-refractivity contribution in [1.82, 2.24) is 0 Å². The Kier molecular flexibility index (Phi) is 6.51. The van der Waals surface area contributed by atoms with Gasteiger partial charge in [-0.15, -0.1) is 0 Å². The van der Waals surface area contributed by atoms with E-state index >= 15 is 0 Å². The van der Waals surface area contributed by atoms with Crippen LogP contribution in [0.2, 0.25) is 5.02 Å².